The van der Waals surface area contributed by atoms with Gasteiger partial charge in [0.15, 0.2) is 0 Å². The van der Waals surface area contributed by atoms with Crippen molar-refractivity contribution < 1.29 is 13.2 Å². The first-order chi connectivity index (χ1) is 15.3. The van der Waals surface area contributed by atoms with Crippen molar-refractivity contribution in [3.63, 3.8) is 0 Å². The SMILES string of the molecule is O=C(CN(Cc1ccc(Cl)cc1Cl)S(=O)(=O)c1ccccc1)Nc1ccc2sncc2c1. The third-order valence-corrected chi connectivity index (χ3v) is 7.87. The largest absolute Gasteiger partial charge is 0.325 e. The van der Waals surface area contributed by atoms with E-state index in [0.29, 0.717) is 21.3 Å². The first-order valence-corrected chi connectivity index (χ1v) is 12.4. The molecule has 0 atom stereocenters. The maximum Gasteiger partial charge on any atom is 0.243 e. The average molecular weight is 506 g/mol. The Bertz CT molecular complexity index is 1380. The van der Waals surface area contributed by atoms with E-state index in [1.165, 1.54) is 29.7 Å². The zero-order valence-corrected chi connectivity index (χ0v) is 19.7. The van der Waals surface area contributed by atoms with Crippen LogP contribution in [0.2, 0.25) is 10.0 Å². The van der Waals surface area contributed by atoms with Crippen molar-refractivity contribution in [2.24, 2.45) is 0 Å². The molecule has 0 unspecified atom stereocenters. The van der Waals surface area contributed by atoms with Crippen LogP contribution in [-0.2, 0) is 21.4 Å². The van der Waals surface area contributed by atoms with Gasteiger partial charge in [-0.3, -0.25) is 4.79 Å². The van der Waals surface area contributed by atoms with Crippen LogP contribution in [0.3, 0.4) is 0 Å². The van der Waals surface area contributed by atoms with E-state index in [4.69, 9.17) is 23.2 Å². The molecule has 164 valence electrons. The maximum absolute atomic E-state index is 13.3. The number of rotatable bonds is 7. The first kappa shape index (κ1) is 22.7. The summed E-state index contributed by atoms with van der Waals surface area (Å²) in [7, 11) is -3.97. The van der Waals surface area contributed by atoms with E-state index in [9.17, 15) is 13.2 Å². The van der Waals surface area contributed by atoms with Crippen LogP contribution in [0.5, 0.6) is 0 Å². The number of benzene rings is 3. The zero-order chi connectivity index (χ0) is 22.7. The molecule has 1 aromatic heterocycles. The highest BCUT2D eigenvalue weighted by atomic mass is 35.5. The van der Waals surface area contributed by atoms with Gasteiger partial charge in [0, 0.05) is 33.9 Å². The van der Waals surface area contributed by atoms with Crippen molar-refractivity contribution >= 4 is 66.4 Å². The summed E-state index contributed by atoms with van der Waals surface area (Å²) in [6, 6.07) is 18.2. The Morgan fingerprint density at radius 1 is 1.03 bits per heavy atom. The third kappa shape index (κ3) is 5.11. The molecule has 0 radical (unpaired) electrons. The van der Waals surface area contributed by atoms with Crippen LogP contribution in [0.15, 0.2) is 77.8 Å². The van der Waals surface area contributed by atoms with E-state index in [2.05, 4.69) is 9.69 Å². The number of nitrogens with zero attached hydrogens (tertiary/aromatic N) is 2. The molecule has 1 heterocycles. The van der Waals surface area contributed by atoms with Crippen LogP contribution in [0.25, 0.3) is 10.1 Å². The molecule has 0 saturated carbocycles. The molecule has 0 saturated heterocycles. The summed E-state index contributed by atoms with van der Waals surface area (Å²) >= 11 is 13.6. The summed E-state index contributed by atoms with van der Waals surface area (Å²) < 4.78 is 32.8. The summed E-state index contributed by atoms with van der Waals surface area (Å²) in [4.78, 5) is 12.9. The summed E-state index contributed by atoms with van der Waals surface area (Å²) in [5.74, 6) is -0.475. The van der Waals surface area contributed by atoms with Gasteiger partial charge in [0.25, 0.3) is 0 Å². The molecule has 6 nitrogen and oxygen atoms in total. The van der Waals surface area contributed by atoms with Crippen molar-refractivity contribution in [2.75, 3.05) is 11.9 Å². The Hall–Kier alpha value is -2.49. The summed E-state index contributed by atoms with van der Waals surface area (Å²) in [5.41, 5.74) is 1.10. The number of hydrogen-bond donors (Lipinski definition) is 1. The Morgan fingerprint density at radius 3 is 2.56 bits per heavy atom. The van der Waals surface area contributed by atoms with Crippen molar-refractivity contribution in [1.82, 2.24) is 8.68 Å². The fraction of sp³-hybridized carbons (Fsp3) is 0.0909. The van der Waals surface area contributed by atoms with Crippen LogP contribution in [0, 0.1) is 0 Å². The lowest BCUT2D eigenvalue weighted by Crippen LogP contribution is -2.37. The highest BCUT2D eigenvalue weighted by molar-refractivity contribution is 7.89. The normalized spacial score (nSPS) is 11.7. The Morgan fingerprint density at radius 2 is 1.81 bits per heavy atom. The molecule has 0 aliphatic rings. The molecule has 4 rings (SSSR count). The molecule has 4 aromatic rings. The number of anilines is 1. The molecule has 0 fully saturated rings. The first-order valence-electron chi connectivity index (χ1n) is 9.46. The molecule has 10 heteroatoms. The van der Waals surface area contributed by atoms with Gasteiger partial charge in [-0.1, -0.05) is 47.5 Å². The number of carbonyl (C=O) groups is 1. The minimum atomic E-state index is -3.97. The smallest absolute Gasteiger partial charge is 0.243 e. The van der Waals surface area contributed by atoms with Gasteiger partial charge in [-0.2, -0.15) is 8.68 Å². The van der Waals surface area contributed by atoms with Gasteiger partial charge in [0.2, 0.25) is 15.9 Å². The molecule has 32 heavy (non-hydrogen) atoms. The fourth-order valence-corrected chi connectivity index (χ4v) is 5.61. The minimum absolute atomic E-state index is 0.0867. The number of hydrogen-bond acceptors (Lipinski definition) is 5. The molecule has 0 spiro atoms. The van der Waals surface area contributed by atoms with E-state index in [1.54, 1.807) is 48.7 Å². The summed E-state index contributed by atoms with van der Waals surface area (Å²) in [5, 5.41) is 4.42. The number of fused-ring (bicyclic) bond motifs is 1. The molecule has 0 aliphatic heterocycles. The lowest BCUT2D eigenvalue weighted by molar-refractivity contribution is -0.116. The second kappa shape index (κ2) is 9.56. The topological polar surface area (TPSA) is 79.4 Å². The van der Waals surface area contributed by atoms with Crippen molar-refractivity contribution in [2.45, 2.75) is 11.4 Å². The fourth-order valence-electron chi connectivity index (χ4n) is 3.12. The number of aromatic nitrogens is 1. The average Bonchev–Trinajstić information content (AvgIpc) is 3.23. The monoisotopic (exact) mass is 505 g/mol. The molecule has 3 aromatic carbocycles. The molecular formula is C22H17Cl2N3O3S2. The Labute approximate surface area is 199 Å². The molecular weight excluding hydrogens is 489 g/mol. The van der Waals surface area contributed by atoms with Gasteiger partial charge in [0.1, 0.15) is 0 Å². The van der Waals surface area contributed by atoms with Crippen LogP contribution < -0.4 is 5.32 Å². The maximum atomic E-state index is 13.3. The van der Waals surface area contributed by atoms with E-state index in [0.717, 1.165) is 14.4 Å². The second-order valence-electron chi connectivity index (χ2n) is 6.95. The van der Waals surface area contributed by atoms with Gasteiger partial charge in [-0.25, -0.2) is 8.42 Å². The predicted molar refractivity (Wildman–Crippen MR) is 129 cm³/mol. The molecule has 0 aliphatic carbocycles. The number of carbonyl (C=O) groups excluding carboxylic acids is 1. The number of amides is 1. The van der Waals surface area contributed by atoms with E-state index >= 15 is 0 Å². The lowest BCUT2D eigenvalue weighted by atomic mass is 10.2. The zero-order valence-electron chi connectivity index (χ0n) is 16.5. The van der Waals surface area contributed by atoms with Crippen LogP contribution >= 0.6 is 34.7 Å². The minimum Gasteiger partial charge on any atom is -0.325 e. The Kier molecular flexibility index (Phi) is 6.78. The highest BCUT2D eigenvalue weighted by Crippen LogP contribution is 2.26. The standard InChI is InChI=1S/C22H17Cl2N3O3S2/c23-17-7-6-15(20(24)11-17)13-27(32(29,30)19-4-2-1-3-5-19)14-22(28)26-18-8-9-21-16(10-18)12-25-31-21/h1-12H,13-14H2,(H,26,28). The second-order valence-corrected chi connectivity index (χ2v) is 10.6. The number of nitrogens with one attached hydrogen (secondary N) is 1. The predicted octanol–water partition coefficient (Wildman–Crippen LogP) is 5.43. The number of sulfonamides is 1. The van der Waals surface area contributed by atoms with Crippen LogP contribution in [0.4, 0.5) is 5.69 Å². The molecule has 0 bridgehead atoms. The van der Waals surface area contributed by atoms with Crippen molar-refractivity contribution in [3.05, 3.63) is 88.5 Å². The quantitative estimate of drug-likeness (QED) is 0.363. The lowest BCUT2D eigenvalue weighted by Gasteiger charge is -2.22. The van der Waals surface area contributed by atoms with Gasteiger partial charge < -0.3 is 5.32 Å². The van der Waals surface area contributed by atoms with Crippen molar-refractivity contribution in [1.29, 1.82) is 0 Å². The van der Waals surface area contributed by atoms with Crippen molar-refractivity contribution in [3.8, 4) is 0 Å². The van der Waals surface area contributed by atoms with E-state index in [1.807, 2.05) is 6.07 Å². The third-order valence-electron chi connectivity index (χ3n) is 4.70. The van der Waals surface area contributed by atoms with Gasteiger partial charge in [0.05, 0.1) is 16.1 Å². The van der Waals surface area contributed by atoms with E-state index < -0.39 is 22.5 Å². The summed E-state index contributed by atoms with van der Waals surface area (Å²) in [6.45, 7) is -0.482. The van der Waals surface area contributed by atoms with E-state index in [-0.39, 0.29) is 11.4 Å². The summed E-state index contributed by atoms with van der Waals surface area (Å²) in [6.07, 6.45) is 1.71. The van der Waals surface area contributed by atoms with Crippen LogP contribution in [-0.4, -0.2) is 29.5 Å². The van der Waals surface area contributed by atoms with Gasteiger partial charge in [-0.15, -0.1) is 0 Å². The van der Waals surface area contributed by atoms with Gasteiger partial charge >= 0.3 is 0 Å². The Balaban J connectivity index is 1.61. The molecule has 1 N–H and O–H groups in total. The van der Waals surface area contributed by atoms with Gasteiger partial charge in [-0.05, 0) is 59.6 Å². The number of halogens is 2. The molecule has 1 amide bonds. The highest BCUT2D eigenvalue weighted by Gasteiger charge is 2.27. The van der Waals surface area contributed by atoms with Crippen LogP contribution in [0.1, 0.15) is 5.56 Å².